The first-order valence-electron chi connectivity index (χ1n) is 9.67. The number of nitrogens with one attached hydrogen (secondary N) is 1. The van der Waals surface area contributed by atoms with E-state index < -0.39 is 15.8 Å². The number of aryl methyl sites for hydroxylation is 2. The summed E-state index contributed by atoms with van der Waals surface area (Å²) in [4.78, 5) is 17.4. The van der Waals surface area contributed by atoms with Gasteiger partial charge in [0.05, 0.1) is 34.3 Å². The van der Waals surface area contributed by atoms with Crippen LogP contribution in [0, 0.1) is 19.7 Å². The van der Waals surface area contributed by atoms with Crippen LogP contribution >= 0.6 is 0 Å². The number of hydrogen-bond donors (Lipinski definition) is 1. The Kier molecular flexibility index (Phi) is 5.43. The summed E-state index contributed by atoms with van der Waals surface area (Å²) >= 11 is 0. The van der Waals surface area contributed by atoms with Gasteiger partial charge >= 0.3 is 0 Å². The highest BCUT2D eigenvalue weighted by Gasteiger charge is 2.19. The highest BCUT2D eigenvalue weighted by Crippen LogP contribution is 2.26. The average Bonchev–Trinajstić information content (AvgIpc) is 2.75. The van der Waals surface area contributed by atoms with E-state index in [9.17, 15) is 17.6 Å². The molecular formula is C23H20FN3O4S. The van der Waals surface area contributed by atoms with Crippen LogP contribution in [0.4, 0.5) is 10.1 Å². The number of ether oxygens (including phenoxy) is 1. The lowest BCUT2D eigenvalue weighted by Crippen LogP contribution is -2.22. The predicted molar refractivity (Wildman–Crippen MR) is 121 cm³/mol. The van der Waals surface area contributed by atoms with Crippen molar-refractivity contribution in [2.45, 2.75) is 18.7 Å². The maximum absolute atomic E-state index is 14.5. The summed E-state index contributed by atoms with van der Waals surface area (Å²) in [5, 5.41) is 0.401. The number of sulfonamides is 1. The van der Waals surface area contributed by atoms with Gasteiger partial charge in [-0.2, -0.15) is 0 Å². The number of hydrogen-bond acceptors (Lipinski definition) is 5. The number of para-hydroxylation sites is 1. The molecule has 32 heavy (non-hydrogen) atoms. The average molecular weight is 453 g/mol. The van der Waals surface area contributed by atoms with Crippen LogP contribution in [0.2, 0.25) is 0 Å². The van der Waals surface area contributed by atoms with E-state index in [4.69, 9.17) is 4.74 Å². The van der Waals surface area contributed by atoms with Crippen LogP contribution in [0.5, 0.6) is 5.75 Å². The summed E-state index contributed by atoms with van der Waals surface area (Å²) in [5.41, 5.74) is 0.837. The summed E-state index contributed by atoms with van der Waals surface area (Å²) in [5.74, 6) is 0.151. The van der Waals surface area contributed by atoms with Gasteiger partial charge in [0.25, 0.3) is 15.6 Å². The molecule has 1 heterocycles. The summed E-state index contributed by atoms with van der Waals surface area (Å²) < 4.78 is 49.0. The molecule has 0 aliphatic rings. The Balaban J connectivity index is 1.78. The summed E-state index contributed by atoms with van der Waals surface area (Å²) in [6.45, 7) is 3.36. The van der Waals surface area contributed by atoms with Gasteiger partial charge < -0.3 is 4.74 Å². The van der Waals surface area contributed by atoms with Crippen LogP contribution < -0.4 is 15.0 Å². The van der Waals surface area contributed by atoms with Crippen LogP contribution in [0.1, 0.15) is 11.4 Å². The van der Waals surface area contributed by atoms with Gasteiger partial charge in [-0.25, -0.2) is 17.8 Å². The zero-order valence-electron chi connectivity index (χ0n) is 17.6. The molecule has 0 fully saturated rings. The van der Waals surface area contributed by atoms with Gasteiger partial charge in [-0.05, 0) is 67.9 Å². The van der Waals surface area contributed by atoms with Crippen molar-refractivity contribution in [2.24, 2.45) is 0 Å². The quantitative estimate of drug-likeness (QED) is 0.494. The second-order valence-corrected chi connectivity index (χ2v) is 8.90. The molecule has 0 spiro atoms. The van der Waals surface area contributed by atoms with E-state index in [0.717, 1.165) is 6.07 Å². The van der Waals surface area contributed by atoms with E-state index >= 15 is 0 Å². The molecule has 9 heteroatoms. The smallest absolute Gasteiger partial charge is 0.265 e. The SMILES string of the molecule is COc1ccc(S(=O)(=O)Nc2cc(-n3c(C)nc4ccccc4c3=O)ccc2F)cc1C. The molecule has 4 aromatic rings. The predicted octanol–water partition coefficient (Wildman–Crippen LogP) is 3.95. The van der Waals surface area contributed by atoms with Crippen LogP contribution in [-0.4, -0.2) is 25.1 Å². The van der Waals surface area contributed by atoms with Crippen LogP contribution in [0.3, 0.4) is 0 Å². The third-order valence-electron chi connectivity index (χ3n) is 5.07. The molecule has 0 aliphatic carbocycles. The highest BCUT2D eigenvalue weighted by atomic mass is 32.2. The van der Waals surface area contributed by atoms with Crippen LogP contribution in [0.15, 0.2) is 70.4 Å². The topological polar surface area (TPSA) is 90.3 Å². The van der Waals surface area contributed by atoms with Gasteiger partial charge in [0, 0.05) is 0 Å². The largest absolute Gasteiger partial charge is 0.496 e. The maximum Gasteiger partial charge on any atom is 0.265 e. The number of methoxy groups -OCH3 is 1. The molecule has 0 unspecified atom stereocenters. The molecule has 0 aliphatic heterocycles. The van der Waals surface area contributed by atoms with E-state index in [2.05, 4.69) is 9.71 Å². The van der Waals surface area contributed by atoms with E-state index in [1.807, 2.05) is 0 Å². The number of nitrogens with zero attached hydrogens (tertiary/aromatic N) is 2. The lowest BCUT2D eigenvalue weighted by molar-refractivity contribution is 0.411. The van der Waals surface area contributed by atoms with Crippen molar-refractivity contribution in [3.8, 4) is 11.4 Å². The first-order valence-corrected chi connectivity index (χ1v) is 11.2. The van der Waals surface area contributed by atoms with Crippen molar-refractivity contribution in [3.05, 3.63) is 88.2 Å². The molecule has 3 aromatic carbocycles. The van der Waals surface area contributed by atoms with Crippen molar-refractivity contribution >= 4 is 26.6 Å². The molecular weight excluding hydrogens is 433 g/mol. The third kappa shape index (κ3) is 3.82. The van der Waals surface area contributed by atoms with Crippen molar-refractivity contribution in [1.82, 2.24) is 9.55 Å². The van der Waals surface area contributed by atoms with Gasteiger partial charge in [-0.3, -0.25) is 14.1 Å². The van der Waals surface area contributed by atoms with Crippen molar-refractivity contribution < 1.29 is 17.5 Å². The molecule has 0 bridgehead atoms. The standard InChI is InChI=1S/C23H20FN3O4S/c1-14-12-17(9-11-22(14)31-3)32(29,30)26-21-13-16(8-10-19(21)24)27-15(2)25-20-7-5-4-6-18(20)23(27)28/h4-13,26H,1-3H3. The molecule has 0 saturated carbocycles. The summed E-state index contributed by atoms with van der Waals surface area (Å²) in [7, 11) is -2.60. The molecule has 0 amide bonds. The summed E-state index contributed by atoms with van der Waals surface area (Å²) in [6, 6.07) is 15.0. The first kappa shape index (κ1) is 21.5. The number of fused-ring (bicyclic) bond motifs is 1. The van der Waals surface area contributed by atoms with Crippen molar-refractivity contribution in [2.75, 3.05) is 11.8 Å². The van der Waals surface area contributed by atoms with E-state index in [-0.39, 0.29) is 21.8 Å². The summed E-state index contributed by atoms with van der Waals surface area (Å²) in [6.07, 6.45) is 0. The molecule has 1 N–H and O–H groups in total. The maximum atomic E-state index is 14.5. The molecule has 0 atom stereocenters. The minimum atomic E-state index is -4.09. The van der Waals surface area contributed by atoms with E-state index in [0.29, 0.717) is 28.0 Å². The third-order valence-corrected chi connectivity index (χ3v) is 6.44. The Morgan fingerprint density at radius 2 is 1.78 bits per heavy atom. The molecule has 164 valence electrons. The van der Waals surface area contributed by atoms with Gasteiger partial charge in [-0.1, -0.05) is 12.1 Å². The monoisotopic (exact) mass is 453 g/mol. The normalized spacial score (nSPS) is 11.5. The Labute approximate surface area is 184 Å². The van der Waals surface area contributed by atoms with Crippen molar-refractivity contribution in [3.63, 3.8) is 0 Å². The zero-order chi connectivity index (χ0) is 23.0. The Morgan fingerprint density at radius 3 is 2.50 bits per heavy atom. The molecule has 0 saturated heterocycles. The second kappa shape index (κ2) is 8.08. The number of anilines is 1. The fourth-order valence-electron chi connectivity index (χ4n) is 3.50. The fraction of sp³-hybridized carbons (Fsp3) is 0.130. The number of halogens is 1. The molecule has 0 radical (unpaired) electrons. The number of rotatable bonds is 5. The Morgan fingerprint density at radius 1 is 1.03 bits per heavy atom. The van der Waals surface area contributed by atoms with Gasteiger partial charge in [-0.15, -0.1) is 0 Å². The van der Waals surface area contributed by atoms with Crippen LogP contribution in [0.25, 0.3) is 16.6 Å². The molecule has 7 nitrogen and oxygen atoms in total. The minimum Gasteiger partial charge on any atom is -0.496 e. The van der Waals surface area contributed by atoms with Gasteiger partial charge in [0.15, 0.2) is 0 Å². The molecule has 4 rings (SSSR count). The zero-order valence-corrected chi connectivity index (χ0v) is 18.4. The number of aromatic nitrogens is 2. The van der Waals surface area contributed by atoms with Crippen molar-refractivity contribution in [1.29, 1.82) is 0 Å². The Hall–Kier alpha value is -3.72. The molecule has 1 aromatic heterocycles. The van der Waals surface area contributed by atoms with E-state index in [1.54, 1.807) is 38.1 Å². The van der Waals surface area contributed by atoms with Gasteiger partial charge in [0.2, 0.25) is 0 Å². The fourth-order valence-corrected chi connectivity index (χ4v) is 4.64. The second-order valence-electron chi connectivity index (χ2n) is 7.22. The van der Waals surface area contributed by atoms with Gasteiger partial charge in [0.1, 0.15) is 17.4 Å². The first-order chi connectivity index (χ1) is 15.2. The van der Waals surface area contributed by atoms with E-state index in [1.165, 1.54) is 42.0 Å². The number of benzene rings is 3. The highest BCUT2D eigenvalue weighted by molar-refractivity contribution is 7.92. The Bertz CT molecular complexity index is 1510. The lowest BCUT2D eigenvalue weighted by Gasteiger charge is -2.14. The minimum absolute atomic E-state index is 0.0404. The lowest BCUT2D eigenvalue weighted by atomic mass is 10.2. The van der Waals surface area contributed by atoms with Crippen LogP contribution in [-0.2, 0) is 10.0 Å².